The molecule has 3 aliphatic heterocycles. The van der Waals surface area contributed by atoms with E-state index >= 15 is 0 Å². The number of piperazine rings is 2. The van der Waals surface area contributed by atoms with E-state index in [-0.39, 0.29) is 17.9 Å². The van der Waals surface area contributed by atoms with E-state index in [9.17, 15) is 14.0 Å². The number of anilines is 1. The number of ether oxygens (including phenoxy) is 1. The summed E-state index contributed by atoms with van der Waals surface area (Å²) in [5.41, 5.74) is 2.95. The van der Waals surface area contributed by atoms with Crippen LogP contribution in [0.25, 0.3) is 0 Å². The van der Waals surface area contributed by atoms with Crippen molar-refractivity contribution < 1.29 is 18.7 Å². The molecular formula is C31H40FN5O3. The molecule has 0 spiro atoms. The first kappa shape index (κ1) is 27.0. The highest BCUT2D eigenvalue weighted by atomic mass is 19.1. The third-order valence-electron chi connectivity index (χ3n) is 8.83. The molecule has 2 N–H and O–H groups in total. The van der Waals surface area contributed by atoms with E-state index in [4.69, 9.17) is 4.74 Å². The van der Waals surface area contributed by atoms with Crippen molar-refractivity contribution in [2.75, 3.05) is 70.3 Å². The van der Waals surface area contributed by atoms with Gasteiger partial charge in [0.2, 0.25) is 0 Å². The molecule has 1 aliphatic carbocycles. The highest BCUT2D eigenvalue weighted by Crippen LogP contribution is 2.40. The number of carbonyl (C=O) groups is 2. The molecule has 0 radical (unpaired) electrons. The molecule has 3 heterocycles. The summed E-state index contributed by atoms with van der Waals surface area (Å²) in [6.45, 7) is 6.84. The Morgan fingerprint density at radius 3 is 2.15 bits per heavy atom. The van der Waals surface area contributed by atoms with E-state index in [1.54, 1.807) is 11.0 Å². The van der Waals surface area contributed by atoms with E-state index in [1.807, 2.05) is 17.0 Å². The second-order valence-electron chi connectivity index (χ2n) is 11.5. The predicted octanol–water partition coefficient (Wildman–Crippen LogP) is 3.23. The lowest BCUT2D eigenvalue weighted by Crippen LogP contribution is -2.50. The second kappa shape index (κ2) is 12.1. The Labute approximate surface area is 235 Å². The van der Waals surface area contributed by atoms with E-state index in [2.05, 4.69) is 21.6 Å². The van der Waals surface area contributed by atoms with Crippen molar-refractivity contribution in [2.24, 2.45) is 0 Å². The fourth-order valence-electron chi connectivity index (χ4n) is 6.53. The Kier molecular flexibility index (Phi) is 8.20. The number of amides is 2. The molecule has 0 aromatic heterocycles. The molecule has 4 fully saturated rings. The SMILES string of the molecule is O=C(c1cc(F)cc(N2CCNCC2)c1)N1CCN(C(=O)c2ccc(O[C@H]3CCNC3)c(C3CCCC3)c2)CC1. The lowest BCUT2D eigenvalue weighted by atomic mass is 9.94. The monoisotopic (exact) mass is 549 g/mol. The summed E-state index contributed by atoms with van der Waals surface area (Å²) in [6, 6.07) is 10.5. The number of carbonyl (C=O) groups excluding carboxylic acids is 2. The second-order valence-corrected chi connectivity index (χ2v) is 11.5. The maximum absolute atomic E-state index is 14.5. The van der Waals surface area contributed by atoms with Crippen LogP contribution in [0.4, 0.5) is 10.1 Å². The van der Waals surface area contributed by atoms with Crippen LogP contribution < -0.4 is 20.3 Å². The van der Waals surface area contributed by atoms with Crippen LogP contribution in [0.1, 0.15) is 64.3 Å². The summed E-state index contributed by atoms with van der Waals surface area (Å²) in [5, 5.41) is 6.66. The lowest BCUT2D eigenvalue weighted by molar-refractivity contribution is 0.0535. The maximum Gasteiger partial charge on any atom is 0.254 e. The molecule has 1 atom stereocenters. The van der Waals surface area contributed by atoms with E-state index in [0.29, 0.717) is 43.2 Å². The van der Waals surface area contributed by atoms with Gasteiger partial charge in [-0.3, -0.25) is 9.59 Å². The van der Waals surface area contributed by atoms with Crippen LogP contribution in [0.2, 0.25) is 0 Å². The summed E-state index contributed by atoms with van der Waals surface area (Å²) >= 11 is 0. The van der Waals surface area contributed by atoms with Crippen molar-refractivity contribution in [1.29, 1.82) is 0 Å². The first-order chi connectivity index (χ1) is 19.5. The Bertz CT molecular complexity index is 1210. The number of halogens is 1. The minimum atomic E-state index is -0.400. The van der Waals surface area contributed by atoms with Crippen LogP contribution in [0.15, 0.2) is 36.4 Å². The number of rotatable bonds is 6. The Balaban J connectivity index is 1.11. The quantitative estimate of drug-likeness (QED) is 0.576. The zero-order valence-electron chi connectivity index (χ0n) is 23.2. The molecule has 2 amide bonds. The van der Waals surface area contributed by atoms with Gasteiger partial charge in [-0.25, -0.2) is 4.39 Å². The molecule has 0 bridgehead atoms. The number of benzene rings is 2. The zero-order chi connectivity index (χ0) is 27.5. The Morgan fingerprint density at radius 1 is 0.775 bits per heavy atom. The van der Waals surface area contributed by atoms with Crippen LogP contribution in [-0.2, 0) is 0 Å². The summed E-state index contributed by atoms with van der Waals surface area (Å²) in [4.78, 5) is 32.5. The minimum Gasteiger partial charge on any atom is -0.489 e. The highest BCUT2D eigenvalue weighted by Gasteiger charge is 2.29. The fourth-order valence-corrected chi connectivity index (χ4v) is 6.53. The summed E-state index contributed by atoms with van der Waals surface area (Å²) in [6.07, 6.45) is 5.87. The molecule has 2 aromatic carbocycles. The van der Waals surface area contributed by atoms with Crippen molar-refractivity contribution in [3.8, 4) is 5.75 Å². The van der Waals surface area contributed by atoms with Gasteiger partial charge in [-0.2, -0.15) is 0 Å². The Morgan fingerprint density at radius 2 is 1.48 bits per heavy atom. The van der Waals surface area contributed by atoms with Crippen molar-refractivity contribution >= 4 is 17.5 Å². The number of hydrogen-bond donors (Lipinski definition) is 2. The van der Waals surface area contributed by atoms with Gasteiger partial charge in [-0.1, -0.05) is 12.8 Å². The van der Waals surface area contributed by atoms with E-state index in [1.165, 1.54) is 25.0 Å². The maximum atomic E-state index is 14.5. The molecule has 4 aliphatic rings. The van der Waals surface area contributed by atoms with Crippen molar-refractivity contribution in [1.82, 2.24) is 20.4 Å². The van der Waals surface area contributed by atoms with Crippen molar-refractivity contribution in [3.63, 3.8) is 0 Å². The largest absolute Gasteiger partial charge is 0.489 e. The zero-order valence-corrected chi connectivity index (χ0v) is 23.2. The van der Waals surface area contributed by atoms with Crippen LogP contribution >= 0.6 is 0 Å². The van der Waals surface area contributed by atoms with Gasteiger partial charge in [0.05, 0.1) is 0 Å². The molecule has 6 rings (SSSR count). The molecule has 0 unspecified atom stereocenters. The summed E-state index contributed by atoms with van der Waals surface area (Å²) < 4.78 is 20.8. The van der Waals surface area contributed by atoms with Gasteiger partial charge in [0.25, 0.3) is 11.8 Å². The van der Waals surface area contributed by atoms with Gasteiger partial charge in [-0.05, 0) is 73.7 Å². The molecule has 40 heavy (non-hydrogen) atoms. The predicted molar refractivity (Wildman–Crippen MR) is 153 cm³/mol. The van der Waals surface area contributed by atoms with Gasteiger partial charge in [0, 0.05) is 75.7 Å². The first-order valence-corrected chi connectivity index (χ1v) is 14.9. The van der Waals surface area contributed by atoms with Crippen LogP contribution in [-0.4, -0.2) is 93.2 Å². The number of nitrogens with zero attached hydrogens (tertiary/aromatic N) is 3. The normalized spacial score (nSPS) is 22.1. The average molecular weight is 550 g/mol. The highest BCUT2D eigenvalue weighted by molar-refractivity contribution is 5.96. The molecule has 3 saturated heterocycles. The third-order valence-corrected chi connectivity index (χ3v) is 8.83. The number of nitrogens with one attached hydrogen (secondary N) is 2. The van der Waals surface area contributed by atoms with Gasteiger partial charge >= 0.3 is 0 Å². The Hall–Kier alpha value is -3.17. The van der Waals surface area contributed by atoms with Crippen molar-refractivity contribution in [2.45, 2.75) is 44.1 Å². The van der Waals surface area contributed by atoms with E-state index in [0.717, 1.165) is 75.5 Å². The van der Waals surface area contributed by atoms with Gasteiger partial charge in [0.1, 0.15) is 17.7 Å². The summed E-state index contributed by atoms with van der Waals surface area (Å²) in [7, 11) is 0. The van der Waals surface area contributed by atoms with Gasteiger partial charge < -0.3 is 30.1 Å². The summed E-state index contributed by atoms with van der Waals surface area (Å²) in [5.74, 6) is 0.760. The van der Waals surface area contributed by atoms with Crippen LogP contribution in [0, 0.1) is 5.82 Å². The van der Waals surface area contributed by atoms with Crippen LogP contribution in [0.3, 0.4) is 0 Å². The topological polar surface area (TPSA) is 77.2 Å². The first-order valence-electron chi connectivity index (χ1n) is 14.9. The minimum absolute atomic E-state index is 0.00724. The van der Waals surface area contributed by atoms with Gasteiger partial charge in [0.15, 0.2) is 0 Å². The molecule has 214 valence electrons. The number of hydrogen-bond acceptors (Lipinski definition) is 6. The molecule has 8 nitrogen and oxygen atoms in total. The smallest absolute Gasteiger partial charge is 0.254 e. The molecule has 1 saturated carbocycles. The lowest BCUT2D eigenvalue weighted by Gasteiger charge is -2.35. The molecular weight excluding hydrogens is 509 g/mol. The van der Waals surface area contributed by atoms with Crippen LogP contribution in [0.5, 0.6) is 5.75 Å². The average Bonchev–Trinajstić information content (AvgIpc) is 3.72. The molecule has 9 heteroatoms. The molecule has 2 aromatic rings. The third kappa shape index (κ3) is 5.95. The van der Waals surface area contributed by atoms with E-state index < -0.39 is 5.82 Å². The van der Waals surface area contributed by atoms with Gasteiger partial charge in [-0.15, -0.1) is 0 Å². The fraction of sp³-hybridized carbons (Fsp3) is 0.548. The van der Waals surface area contributed by atoms with Crippen molar-refractivity contribution in [3.05, 3.63) is 58.9 Å². The standard InChI is InChI=1S/C31H40FN5O3/c32-25-17-24(18-26(20-25)35-11-9-33-10-12-35)31(39)37-15-13-36(14-16-37)30(38)23-5-6-29(40-27-7-8-34-21-27)28(19-23)22-3-1-2-4-22/h5-6,17-20,22,27,33-34H,1-4,7-16,21H2/t27-/m0/s1.